The van der Waals surface area contributed by atoms with Gasteiger partial charge in [0.15, 0.2) is 0 Å². The van der Waals surface area contributed by atoms with Crippen LogP contribution in [0.15, 0.2) is 18.2 Å². The van der Waals surface area contributed by atoms with Crippen LogP contribution in [-0.4, -0.2) is 42.1 Å². The van der Waals surface area contributed by atoms with E-state index in [1.807, 2.05) is 0 Å². The van der Waals surface area contributed by atoms with E-state index in [2.05, 4.69) is 17.3 Å². The quantitative estimate of drug-likeness (QED) is 0.867. The summed E-state index contributed by atoms with van der Waals surface area (Å²) in [5.74, 6) is -0.125. The first-order chi connectivity index (χ1) is 9.59. The van der Waals surface area contributed by atoms with Crippen molar-refractivity contribution in [3.8, 4) is 5.75 Å². The number of amides is 1. The largest absolute Gasteiger partial charge is 0.507 e. The molecule has 4 heteroatoms. The summed E-state index contributed by atoms with van der Waals surface area (Å²) in [4.78, 5) is 14.4. The fraction of sp³-hybridized carbons (Fsp3) is 0.562. The average Bonchev–Trinajstić information content (AvgIpc) is 2.95. The van der Waals surface area contributed by atoms with Gasteiger partial charge in [0.1, 0.15) is 5.75 Å². The SMILES string of the molecule is Cc1cccc(C(=O)NCCN(C)C2CCCC2)c1O. The maximum absolute atomic E-state index is 12.0. The molecule has 2 N–H and O–H groups in total. The first-order valence-corrected chi connectivity index (χ1v) is 7.36. The van der Waals surface area contributed by atoms with Crippen molar-refractivity contribution in [1.29, 1.82) is 0 Å². The molecule has 0 radical (unpaired) electrons. The molecule has 1 amide bonds. The van der Waals surface area contributed by atoms with E-state index in [0.29, 0.717) is 18.2 Å². The molecular weight excluding hydrogens is 252 g/mol. The number of benzene rings is 1. The molecule has 20 heavy (non-hydrogen) atoms. The zero-order chi connectivity index (χ0) is 14.5. The van der Waals surface area contributed by atoms with Gasteiger partial charge in [-0.25, -0.2) is 0 Å². The average molecular weight is 276 g/mol. The molecule has 0 unspecified atom stereocenters. The number of nitrogens with zero attached hydrogens (tertiary/aromatic N) is 1. The van der Waals surface area contributed by atoms with Gasteiger partial charge in [-0.3, -0.25) is 4.79 Å². The summed E-state index contributed by atoms with van der Waals surface area (Å²) in [7, 11) is 2.12. The van der Waals surface area contributed by atoms with Gasteiger partial charge in [0.25, 0.3) is 5.91 Å². The predicted octanol–water partition coefficient (Wildman–Crippen LogP) is 2.30. The molecule has 0 saturated heterocycles. The van der Waals surface area contributed by atoms with E-state index < -0.39 is 0 Å². The van der Waals surface area contributed by atoms with Crippen molar-refractivity contribution in [2.24, 2.45) is 0 Å². The van der Waals surface area contributed by atoms with Crippen LogP contribution in [0, 0.1) is 6.92 Å². The van der Waals surface area contributed by atoms with Crippen LogP contribution in [0.4, 0.5) is 0 Å². The van der Waals surface area contributed by atoms with Crippen molar-refractivity contribution in [2.45, 2.75) is 38.6 Å². The number of rotatable bonds is 5. The monoisotopic (exact) mass is 276 g/mol. The fourth-order valence-corrected chi connectivity index (χ4v) is 2.81. The van der Waals surface area contributed by atoms with Gasteiger partial charge in [-0.2, -0.15) is 0 Å². The molecule has 0 atom stereocenters. The molecular formula is C16H24N2O2. The molecule has 0 spiro atoms. The minimum absolute atomic E-state index is 0.0779. The third kappa shape index (κ3) is 3.51. The Hall–Kier alpha value is -1.55. The van der Waals surface area contributed by atoms with Crippen molar-refractivity contribution < 1.29 is 9.90 Å². The number of phenolic OH excluding ortho intramolecular Hbond substituents is 1. The number of para-hydroxylation sites is 1. The number of likely N-dealkylation sites (N-methyl/N-ethyl adjacent to an activating group) is 1. The second kappa shape index (κ2) is 6.75. The highest BCUT2D eigenvalue weighted by Gasteiger charge is 2.19. The zero-order valence-corrected chi connectivity index (χ0v) is 12.4. The highest BCUT2D eigenvalue weighted by Crippen LogP contribution is 2.22. The van der Waals surface area contributed by atoms with Gasteiger partial charge in [0.2, 0.25) is 0 Å². The Morgan fingerprint density at radius 3 is 2.80 bits per heavy atom. The van der Waals surface area contributed by atoms with E-state index in [9.17, 15) is 9.90 Å². The normalized spacial score (nSPS) is 15.8. The van der Waals surface area contributed by atoms with Crippen LogP contribution in [0.25, 0.3) is 0 Å². The molecule has 1 aromatic carbocycles. The standard InChI is InChI=1S/C16H24N2O2/c1-12-6-5-9-14(15(12)19)16(20)17-10-11-18(2)13-7-3-4-8-13/h5-6,9,13,19H,3-4,7-8,10-11H2,1-2H3,(H,17,20). The molecule has 1 fully saturated rings. The van der Waals surface area contributed by atoms with E-state index in [1.165, 1.54) is 25.7 Å². The number of aromatic hydroxyl groups is 1. The zero-order valence-electron chi connectivity index (χ0n) is 12.4. The summed E-state index contributed by atoms with van der Waals surface area (Å²) in [5.41, 5.74) is 1.08. The van der Waals surface area contributed by atoms with Crippen molar-refractivity contribution in [3.63, 3.8) is 0 Å². The molecule has 1 aliphatic carbocycles. The van der Waals surface area contributed by atoms with Gasteiger partial charge in [-0.15, -0.1) is 0 Å². The molecule has 4 nitrogen and oxygen atoms in total. The molecule has 1 aliphatic rings. The summed E-state index contributed by atoms with van der Waals surface area (Å²) in [6.07, 6.45) is 5.17. The number of carbonyl (C=O) groups is 1. The summed E-state index contributed by atoms with van der Waals surface area (Å²) < 4.78 is 0. The van der Waals surface area contributed by atoms with Crippen molar-refractivity contribution in [2.75, 3.05) is 20.1 Å². The molecule has 110 valence electrons. The van der Waals surface area contributed by atoms with Crippen molar-refractivity contribution in [1.82, 2.24) is 10.2 Å². The number of phenols is 1. The predicted molar refractivity (Wildman–Crippen MR) is 80.1 cm³/mol. The fourth-order valence-electron chi connectivity index (χ4n) is 2.81. The summed E-state index contributed by atoms with van der Waals surface area (Å²) in [6, 6.07) is 5.90. The first-order valence-electron chi connectivity index (χ1n) is 7.36. The number of aryl methyl sites for hydroxylation is 1. The van der Waals surface area contributed by atoms with Crippen molar-refractivity contribution >= 4 is 5.91 Å². The Labute approximate surface area is 120 Å². The van der Waals surface area contributed by atoms with Crippen LogP contribution in [0.3, 0.4) is 0 Å². The van der Waals surface area contributed by atoms with E-state index in [-0.39, 0.29) is 11.7 Å². The summed E-state index contributed by atoms with van der Waals surface area (Å²) in [6.45, 7) is 3.25. The van der Waals surface area contributed by atoms with Crippen molar-refractivity contribution in [3.05, 3.63) is 29.3 Å². The molecule has 1 aromatic rings. The molecule has 0 aliphatic heterocycles. The first kappa shape index (κ1) is 14.9. The maximum Gasteiger partial charge on any atom is 0.255 e. The minimum Gasteiger partial charge on any atom is -0.507 e. The molecule has 0 heterocycles. The number of nitrogens with one attached hydrogen (secondary N) is 1. The lowest BCUT2D eigenvalue weighted by Gasteiger charge is -2.23. The Kier molecular flexibility index (Phi) is 5.01. The second-order valence-corrected chi connectivity index (χ2v) is 5.65. The minimum atomic E-state index is -0.203. The van der Waals surface area contributed by atoms with Crippen LogP contribution in [0.5, 0.6) is 5.75 Å². The summed E-state index contributed by atoms with van der Waals surface area (Å²) >= 11 is 0. The molecule has 0 bridgehead atoms. The van der Waals surface area contributed by atoms with Gasteiger partial charge in [0.05, 0.1) is 5.56 Å². The molecule has 1 saturated carbocycles. The Balaban J connectivity index is 1.81. The lowest BCUT2D eigenvalue weighted by Crippen LogP contribution is -2.37. The third-order valence-corrected chi connectivity index (χ3v) is 4.18. The Morgan fingerprint density at radius 1 is 1.40 bits per heavy atom. The van der Waals surface area contributed by atoms with Crippen LogP contribution >= 0.6 is 0 Å². The van der Waals surface area contributed by atoms with Gasteiger partial charge in [0, 0.05) is 19.1 Å². The van der Waals surface area contributed by atoms with E-state index >= 15 is 0 Å². The highest BCUT2D eigenvalue weighted by molar-refractivity contribution is 5.97. The third-order valence-electron chi connectivity index (χ3n) is 4.18. The van der Waals surface area contributed by atoms with Gasteiger partial charge in [-0.1, -0.05) is 25.0 Å². The van der Waals surface area contributed by atoms with E-state index in [4.69, 9.17) is 0 Å². The lowest BCUT2D eigenvalue weighted by atomic mass is 10.1. The van der Waals surface area contributed by atoms with Gasteiger partial charge < -0.3 is 15.3 Å². The van der Waals surface area contributed by atoms with E-state index in [1.54, 1.807) is 25.1 Å². The lowest BCUT2D eigenvalue weighted by molar-refractivity contribution is 0.0944. The van der Waals surface area contributed by atoms with Crippen LogP contribution in [0.1, 0.15) is 41.6 Å². The maximum atomic E-state index is 12.0. The topological polar surface area (TPSA) is 52.6 Å². The highest BCUT2D eigenvalue weighted by atomic mass is 16.3. The van der Waals surface area contributed by atoms with Crippen LogP contribution in [-0.2, 0) is 0 Å². The number of hydrogen-bond acceptors (Lipinski definition) is 3. The smallest absolute Gasteiger partial charge is 0.255 e. The van der Waals surface area contributed by atoms with Gasteiger partial charge in [-0.05, 0) is 38.4 Å². The Bertz CT molecular complexity index is 468. The number of hydrogen-bond donors (Lipinski definition) is 2. The van der Waals surface area contributed by atoms with Crippen LogP contribution in [0.2, 0.25) is 0 Å². The Morgan fingerprint density at radius 2 is 2.10 bits per heavy atom. The number of carbonyl (C=O) groups excluding carboxylic acids is 1. The summed E-state index contributed by atoms with van der Waals surface area (Å²) in [5, 5.41) is 12.8. The molecule has 2 rings (SSSR count). The molecule has 0 aromatic heterocycles. The van der Waals surface area contributed by atoms with Gasteiger partial charge >= 0.3 is 0 Å². The van der Waals surface area contributed by atoms with Crippen LogP contribution < -0.4 is 5.32 Å². The second-order valence-electron chi connectivity index (χ2n) is 5.65. The van der Waals surface area contributed by atoms with E-state index in [0.717, 1.165) is 12.1 Å².